The fraction of sp³-hybridized carbons (Fsp3) is 0.949. The molecule has 0 rings (SSSR count). The summed E-state index contributed by atoms with van der Waals surface area (Å²) < 4.78 is 68.7. The van der Waals surface area contributed by atoms with Crippen LogP contribution in [0.25, 0.3) is 0 Å². The third-order valence-corrected chi connectivity index (χ3v) is 21.1. The van der Waals surface area contributed by atoms with Crippen LogP contribution in [0.3, 0.4) is 0 Å². The van der Waals surface area contributed by atoms with E-state index in [0.717, 1.165) is 102 Å². The third-order valence-electron chi connectivity index (χ3n) is 19.2. The predicted octanol–water partition coefficient (Wildman–Crippen LogP) is 23.5. The predicted molar refractivity (Wildman–Crippen MR) is 400 cm³/mol. The highest BCUT2D eigenvalue weighted by atomic mass is 31.2. The summed E-state index contributed by atoms with van der Waals surface area (Å²) in [6.07, 6.45) is 59.4. The molecule has 4 unspecified atom stereocenters. The zero-order valence-corrected chi connectivity index (χ0v) is 65.9. The number of rotatable bonds is 78. The molecule has 0 saturated carbocycles. The zero-order valence-electron chi connectivity index (χ0n) is 64.1. The van der Waals surface area contributed by atoms with Gasteiger partial charge in [-0.1, -0.05) is 363 Å². The highest BCUT2D eigenvalue weighted by Crippen LogP contribution is 2.45. The molecule has 0 spiro atoms. The minimum absolute atomic E-state index is 0.106. The Morgan fingerprint density at radius 2 is 0.490 bits per heavy atom. The number of phosphoric ester groups is 2. The monoisotopic (exact) mass is 1440 g/mol. The fourth-order valence-corrected chi connectivity index (χ4v) is 13.7. The number of phosphoric acid groups is 2. The molecule has 19 heteroatoms. The van der Waals surface area contributed by atoms with Crippen LogP contribution in [-0.4, -0.2) is 96.7 Å². The van der Waals surface area contributed by atoms with Gasteiger partial charge in [-0.2, -0.15) is 0 Å². The number of hydrogen-bond acceptors (Lipinski definition) is 15. The molecule has 0 saturated heterocycles. The van der Waals surface area contributed by atoms with Crippen LogP contribution in [0.2, 0.25) is 0 Å². The maximum atomic E-state index is 13.1. The van der Waals surface area contributed by atoms with E-state index in [1.54, 1.807) is 0 Å². The Labute approximate surface area is 600 Å². The summed E-state index contributed by atoms with van der Waals surface area (Å²) in [7, 11) is -9.92. The molecule has 0 aliphatic heterocycles. The fourth-order valence-electron chi connectivity index (χ4n) is 12.1. The van der Waals surface area contributed by atoms with Gasteiger partial charge in [0.05, 0.1) is 26.4 Å². The van der Waals surface area contributed by atoms with Crippen molar-refractivity contribution in [2.75, 3.05) is 39.6 Å². The number of ether oxygens (including phenoxy) is 4. The Balaban J connectivity index is 5.26. The van der Waals surface area contributed by atoms with Crippen LogP contribution in [0.5, 0.6) is 0 Å². The van der Waals surface area contributed by atoms with Gasteiger partial charge in [0.15, 0.2) is 12.2 Å². The SMILES string of the molecule is CCCCCCCCCCCCCCCCCCC(=O)OC[C@H](COP(=O)(O)OC[C@@H](O)COP(=O)(O)OC[C@@H](COC(=O)CCCCCCCCCCCCCC)OC(=O)CCCCCCCCCCC(C)CC)OC(=O)CCCCCCCCCCCCCCCCC(C)CC. The van der Waals surface area contributed by atoms with Crippen LogP contribution >= 0.6 is 15.6 Å². The summed E-state index contributed by atoms with van der Waals surface area (Å²) in [5, 5.41) is 10.6. The van der Waals surface area contributed by atoms with Gasteiger partial charge in [0.25, 0.3) is 0 Å². The lowest BCUT2D eigenvalue weighted by molar-refractivity contribution is -0.161. The van der Waals surface area contributed by atoms with Crippen molar-refractivity contribution in [3.63, 3.8) is 0 Å². The molecular formula is C79H154O17P2. The van der Waals surface area contributed by atoms with Gasteiger partial charge >= 0.3 is 39.5 Å². The van der Waals surface area contributed by atoms with Gasteiger partial charge < -0.3 is 33.8 Å². The number of aliphatic hydroxyl groups is 1. The quantitative estimate of drug-likeness (QED) is 0.0222. The molecule has 3 N–H and O–H groups in total. The largest absolute Gasteiger partial charge is 0.472 e. The molecule has 17 nitrogen and oxygen atoms in total. The average Bonchev–Trinajstić information content (AvgIpc) is 0.961. The van der Waals surface area contributed by atoms with Gasteiger partial charge in [-0.3, -0.25) is 37.3 Å². The normalized spacial score (nSPS) is 14.5. The minimum atomic E-state index is -4.96. The molecule has 0 fully saturated rings. The maximum Gasteiger partial charge on any atom is 0.472 e. The molecule has 0 aromatic heterocycles. The second kappa shape index (κ2) is 70.7. The Morgan fingerprint density at radius 3 is 0.724 bits per heavy atom. The molecule has 98 heavy (non-hydrogen) atoms. The molecule has 582 valence electrons. The van der Waals surface area contributed by atoms with Crippen LogP contribution in [0.15, 0.2) is 0 Å². The van der Waals surface area contributed by atoms with E-state index < -0.39 is 97.5 Å². The van der Waals surface area contributed by atoms with Gasteiger partial charge in [0.1, 0.15) is 19.3 Å². The number of esters is 4. The molecule has 7 atom stereocenters. The molecule has 0 heterocycles. The molecule has 0 bridgehead atoms. The molecule has 0 aliphatic carbocycles. The van der Waals surface area contributed by atoms with Crippen molar-refractivity contribution in [2.45, 2.75) is 432 Å². The van der Waals surface area contributed by atoms with Crippen LogP contribution in [0, 0.1) is 11.8 Å². The first-order valence-corrected chi connectivity index (χ1v) is 44.1. The Kier molecular flexibility index (Phi) is 69.3. The summed E-state index contributed by atoms with van der Waals surface area (Å²) >= 11 is 0. The molecule has 0 aromatic carbocycles. The first-order valence-electron chi connectivity index (χ1n) is 41.1. The lowest BCUT2D eigenvalue weighted by Crippen LogP contribution is -2.30. The lowest BCUT2D eigenvalue weighted by Gasteiger charge is -2.21. The number of carbonyl (C=O) groups excluding carboxylic acids is 4. The molecule has 0 aliphatic rings. The topological polar surface area (TPSA) is 237 Å². The second-order valence-corrected chi connectivity index (χ2v) is 31.8. The van der Waals surface area contributed by atoms with E-state index in [0.29, 0.717) is 25.7 Å². The highest BCUT2D eigenvalue weighted by molar-refractivity contribution is 7.47. The van der Waals surface area contributed by atoms with E-state index in [1.165, 1.54) is 231 Å². The molecule has 0 radical (unpaired) electrons. The summed E-state index contributed by atoms with van der Waals surface area (Å²) in [6, 6.07) is 0. The average molecular weight is 1440 g/mol. The van der Waals surface area contributed by atoms with Gasteiger partial charge in [0, 0.05) is 25.7 Å². The summed E-state index contributed by atoms with van der Waals surface area (Å²) in [5.74, 6) is -0.495. The summed E-state index contributed by atoms with van der Waals surface area (Å²) in [6.45, 7) is 9.68. The third kappa shape index (κ3) is 69.8. The van der Waals surface area contributed by atoms with Gasteiger partial charge in [-0.05, 0) is 37.5 Å². The van der Waals surface area contributed by atoms with E-state index in [2.05, 4.69) is 41.5 Å². The van der Waals surface area contributed by atoms with Crippen molar-refractivity contribution in [2.24, 2.45) is 11.8 Å². The van der Waals surface area contributed by atoms with Crippen molar-refractivity contribution < 1.29 is 80.2 Å². The Morgan fingerprint density at radius 1 is 0.286 bits per heavy atom. The smallest absolute Gasteiger partial charge is 0.462 e. The van der Waals surface area contributed by atoms with Crippen LogP contribution in [0.4, 0.5) is 0 Å². The van der Waals surface area contributed by atoms with E-state index in [4.69, 9.17) is 37.0 Å². The summed E-state index contributed by atoms with van der Waals surface area (Å²) in [4.78, 5) is 73.0. The zero-order chi connectivity index (χ0) is 72.1. The van der Waals surface area contributed by atoms with Crippen LogP contribution in [-0.2, 0) is 65.4 Å². The van der Waals surface area contributed by atoms with E-state index in [1.807, 2.05) is 0 Å². The maximum absolute atomic E-state index is 13.1. The number of carbonyl (C=O) groups is 4. The van der Waals surface area contributed by atoms with Gasteiger partial charge in [0.2, 0.25) is 0 Å². The van der Waals surface area contributed by atoms with Crippen LogP contribution < -0.4 is 0 Å². The number of aliphatic hydroxyl groups excluding tert-OH is 1. The first kappa shape index (κ1) is 96.1. The highest BCUT2D eigenvalue weighted by Gasteiger charge is 2.30. The molecular weight excluding hydrogens is 1280 g/mol. The minimum Gasteiger partial charge on any atom is -0.462 e. The van der Waals surface area contributed by atoms with E-state index in [9.17, 15) is 43.2 Å². The molecule has 0 aromatic rings. The lowest BCUT2D eigenvalue weighted by atomic mass is 9.99. The van der Waals surface area contributed by atoms with Gasteiger partial charge in [-0.15, -0.1) is 0 Å². The van der Waals surface area contributed by atoms with Crippen LogP contribution in [0.1, 0.15) is 414 Å². The number of hydrogen-bond donors (Lipinski definition) is 3. The standard InChI is InChI=1S/C79H154O17P2/c1-7-11-13-15-17-19-21-23-24-25-29-33-37-44-50-56-62-77(82)89-67-74(95-78(83)63-57-51-45-38-34-30-27-26-28-31-35-41-47-53-59-71(5)9-3)69-93-97(85,86)91-65-73(80)66-92-98(87,88)94-70-75(96-79(84)64-58-52-46-40-39-42-48-54-60-72(6)10-4)68-90-76(81)61-55-49-43-36-32-22-20-18-16-14-12-8-2/h71-75,80H,7-70H2,1-6H3,(H,85,86)(H,87,88)/t71?,72?,73-,74-,75-/m1/s1. The molecule has 0 amide bonds. The van der Waals surface area contributed by atoms with Crippen molar-refractivity contribution >= 4 is 39.5 Å². The van der Waals surface area contributed by atoms with Crippen molar-refractivity contribution in [3.8, 4) is 0 Å². The van der Waals surface area contributed by atoms with E-state index >= 15 is 0 Å². The van der Waals surface area contributed by atoms with Crippen molar-refractivity contribution in [1.29, 1.82) is 0 Å². The van der Waals surface area contributed by atoms with Crippen molar-refractivity contribution in [1.82, 2.24) is 0 Å². The number of unbranched alkanes of at least 4 members (excludes halogenated alkanes) is 46. The second-order valence-electron chi connectivity index (χ2n) is 28.9. The van der Waals surface area contributed by atoms with Gasteiger partial charge in [-0.25, -0.2) is 9.13 Å². The van der Waals surface area contributed by atoms with E-state index in [-0.39, 0.29) is 25.7 Å². The first-order chi connectivity index (χ1) is 47.4. The van der Waals surface area contributed by atoms with Crippen molar-refractivity contribution in [3.05, 3.63) is 0 Å². The Bertz CT molecular complexity index is 1890. The summed E-state index contributed by atoms with van der Waals surface area (Å²) in [5.41, 5.74) is 0. The Hall–Kier alpha value is -1.94.